The van der Waals surface area contributed by atoms with E-state index in [1.165, 1.54) is 35.9 Å². The second-order valence-corrected chi connectivity index (χ2v) is 9.22. The second-order valence-electron chi connectivity index (χ2n) is 6.21. The fourth-order valence-corrected chi connectivity index (χ4v) is 4.65. The number of benzene rings is 2. The van der Waals surface area contributed by atoms with Crippen LogP contribution in [0.5, 0.6) is 5.75 Å². The van der Waals surface area contributed by atoms with Gasteiger partial charge in [0.2, 0.25) is 10.0 Å². The van der Waals surface area contributed by atoms with Gasteiger partial charge in [-0.25, -0.2) is 13.6 Å². The predicted octanol–water partition coefficient (Wildman–Crippen LogP) is 2.32. The number of halogens is 1. The molecule has 0 saturated carbocycles. The zero-order valence-electron chi connectivity index (χ0n) is 16.5. The number of nitrogens with two attached hydrogens (primary N) is 1. The molecule has 2 aromatic carbocycles. The van der Waals surface area contributed by atoms with Crippen molar-refractivity contribution in [3.05, 3.63) is 51.8 Å². The van der Waals surface area contributed by atoms with Gasteiger partial charge in [0.25, 0.3) is 5.91 Å². The van der Waals surface area contributed by atoms with Gasteiger partial charge in [-0.3, -0.25) is 9.59 Å². The monoisotopic (exact) mass is 483 g/mol. The maximum absolute atomic E-state index is 12.9. The third-order valence-corrected chi connectivity index (χ3v) is 6.35. The summed E-state index contributed by atoms with van der Waals surface area (Å²) in [7, 11) is -2.52. The molecule has 3 rings (SSSR count). The van der Waals surface area contributed by atoms with Crippen molar-refractivity contribution in [1.82, 2.24) is 4.57 Å². The van der Waals surface area contributed by atoms with Crippen molar-refractivity contribution in [3.63, 3.8) is 0 Å². The summed E-state index contributed by atoms with van der Waals surface area (Å²) in [5.74, 6) is -0.894. The van der Waals surface area contributed by atoms with Crippen molar-refractivity contribution in [2.24, 2.45) is 10.1 Å². The number of thiazole rings is 1. The molecule has 1 amide bonds. The topological polar surface area (TPSA) is 130 Å². The number of esters is 1. The Balaban J connectivity index is 2.20. The number of hydrogen-bond donors (Lipinski definition) is 1. The largest absolute Gasteiger partial charge is 0.496 e. The molecule has 3 aromatic rings. The lowest BCUT2D eigenvalue weighted by molar-refractivity contribution is -0.143. The maximum Gasteiger partial charge on any atom is 0.326 e. The van der Waals surface area contributed by atoms with Crippen LogP contribution in [0.15, 0.2) is 46.3 Å². The molecule has 0 bridgehead atoms. The van der Waals surface area contributed by atoms with Crippen molar-refractivity contribution in [3.8, 4) is 5.75 Å². The van der Waals surface area contributed by atoms with E-state index in [1.807, 2.05) is 0 Å². The Hall–Kier alpha value is -2.73. The fourth-order valence-electron chi connectivity index (χ4n) is 2.80. The summed E-state index contributed by atoms with van der Waals surface area (Å²) in [6, 6.07) is 8.72. The first-order chi connectivity index (χ1) is 14.6. The van der Waals surface area contributed by atoms with Gasteiger partial charge in [0.15, 0.2) is 4.80 Å². The van der Waals surface area contributed by atoms with Crippen LogP contribution in [0.1, 0.15) is 17.3 Å². The molecular formula is C19H18ClN3O6S2. The van der Waals surface area contributed by atoms with Gasteiger partial charge in [-0.2, -0.15) is 4.99 Å². The van der Waals surface area contributed by atoms with E-state index in [0.29, 0.717) is 15.2 Å². The van der Waals surface area contributed by atoms with Crippen molar-refractivity contribution in [2.45, 2.75) is 18.4 Å². The Kier molecular flexibility index (Phi) is 6.80. The van der Waals surface area contributed by atoms with Crippen molar-refractivity contribution >= 4 is 55.1 Å². The minimum absolute atomic E-state index is 0.0982. The van der Waals surface area contributed by atoms with Crippen molar-refractivity contribution < 1.29 is 27.5 Å². The van der Waals surface area contributed by atoms with E-state index in [1.54, 1.807) is 19.1 Å². The number of sulfonamides is 1. The van der Waals surface area contributed by atoms with Gasteiger partial charge in [0.1, 0.15) is 12.3 Å². The molecule has 0 aliphatic heterocycles. The number of methoxy groups -OCH3 is 1. The highest BCUT2D eigenvalue weighted by Crippen LogP contribution is 2.24. The summed E-state index contributed by atoms with van der Waals surface area (Å²) in [6.45, 7) is 1.64. The van der Waals surface area contributed by atoms with Gasteiger partial charge < -0.3 is 14.0 Å². The smallest absolute Gasteiger partial charge is 0.326 e. The molecule has 0 aliphatic rings. The molecule has 1 aromatic heterocycles. The van der Waals surface area contributed by atoms with Gasteiger partial charge in [0, 0.05) is 5.02 Å². The van der Waals surface area contributed by atoms with Gasteiger partial charge in [-0.1, -0.05) is 22.9 Å². The van der Waals surface area contributed by atoms with E-state index in [2.05, 4.69) is 4.99 Å². The number of carbonyl (C=O) groups excluding carboxylic acids is 2. The first kappa shape index (κ1) is 22.9. The zero-order chi connectivity index (χ0) is 22.8. The molecule has 9 nitrogen and oxygen atoms in total. The number of primary sulfonamides is 1. The Morgan fingerprint density at radius 2 is 1.97 bits per heavy atom. The number of rotatable bonds is 6. The molecule has 0 atom stereocenters. The van der Waals surface area contributed by atoms with Crippen LogP contribution in [0.3, 0.4) is 0 Å². The molecular weight excluding hydrogens is 466 g/mol. The second kappa shape index (κ2) is 9.18. The summed E-state index contributed by atoms with van der Waals surface area (Å²) in [5, 5.41) is 5.53. The molecule has 0 saturated heterocycles. The number of hydrogen-bond acceptors (Lipinski definition) is 7. The quantitative estimate of drug-likeness (QED) is 0.535. The number of amides is 1. The van der Waals surface area contributed by atoms with Crippen molar-refractivity contribution in [2.75, 3.05) is 13.7 Å². The zero-order valence-corrected chi connectivity index (χ0v) is 18.9. The van der Waals surface area contributed by atoms with E-state index in [-0.39, 0.29) is 34.2 Å². The lowest BCUT2D eigenvalue weighted by Gasteiger charge is -2.07. The van der Waals surface area contributed by atoms with Crippen molar-refractivity contribution in [1.29, 1.82) is 0 Å². The third-order valence-electron chi connectivity index (χ3n) is 4.16. The van der Waals surface area contributed by atoms with E-state index >= 15 is 0 Å². The SMILES string of the molecule is CCOC(=O)Cn1c(=NC(=O)c2cc(Cl)ccc2OC)sc2cc(S(N)(=O)=O)ccc21. The molecule has 0 unspecified atom stereocenters. The van der Waals surface area contributed by atoms with Gasteiger partial charge in [-0.05, 0) is 43.3 Å². The minimum atomic E-state index is -3.93. The van der Waals surface area contributed by atoms with Gasteiger partial charge in [0.05, 0.1) is 34.4 Å². The number of ether oxygens (including phenoxy) is 2. The Labute approximate surface area is 186 Å². The third kappa shape index (κ3) is 5.13. The molecule has 2 N–H and O–H groups in total. The van der Waals surface area contributed by atoms with E-state index in [0.717, 1.165) is 11.3 Å². The van der Waals surface area contributed by atoms with Crippen LogP contribution in [-0.4, -0.2) is 38.6 Å². The van der Waals surface area contributed by atoms with Gasteiger partial charge in [-0.15, -0.1) is 0 Å². The number of fused-ring (bicyclic) bond motifs is 1. The van der Waals surface area contributed by atoms with Crippen LogP contribution >= 0.6 is 22.9 Å². The average Bonchev–Trinajstić information content (AvgIpc) is 3.03. The van der Waals surface area contributed by atoms with Crippen LogP contribution in [0.2, 0.25) is 5.02 Å². The fraction of sp³-hybridized carbons (Fsp3) is 0.211. The summed E-state index contributed by atoms with van der Waals surface area (Å²) in [4.78, 5) is 29.2. The summed E-state index contributed by atoms with van der Waals surface area (Å²) >= 11 is 7.03. The first-order valence-corrected chi connectivity index (χ1v) is 11.6. The molecule has 0 radical (unpaired) electrons. The normalized spacial score (nSPS) is 12.2. The van der Waals surface area contributed by atoms with Crippen LogP contribution in [0, 0.1) is 0 Å². The Bertz CT molecular complexity index is 1340. The lowest BCUT2D eigenvalue weighted by Crippen LogP contribution is -2.23. The number of aromatic nitrogens is 1. The van der Waals surface area contributed by atoms with E-state index < -0.39 is 21.9 Å². The highest BCUT2D eigenvalue weighted by atomic mass is 35.5. The van der Waals surface area contributed by atoms with E-state index in [4.69, 9.17) is 26.2 Å². The number of carbonyl (C=O) groups is 2. The highest BCUT2D eigenvalue weighted by molar-refractivity contribution is 7.89. The van der Waals surface area contributed by atoms with Crippen LogP contribution < -0.4 is 14.7 Å². The summed E-state index contributed by atoms with van der Waals surface area (Å²) in [6.07, 6.45) is 0. The Morgan fingerprint density at radius 3 is 2.61 bits per heavy atom. The van der Waals surface area contributed by atoms with Gasteiger partial charge >= 0.3 is 5.97 Å². The van der Waals surface area contributed by atoms with Crippen LogP contribution in [0.4, 0.5) is 0 Å². The lowest BCUT2D eigenvalue weighted by atomic mass is 10.2. The first-order valence-electron chi connectivity index (χ1n) is 8.88. The molecule has 1 heterocycles. The predicted molar refractivity (Wildman–Crippen MR) is 116 cm³/mol. The van der Waals surface area contributed by atoms with Crippen LogP contribution in [-0.2, 0) is 26.1 Å². The summed E-state index contributed by atoms with van der Waals surface area (Å²) in [5.41, 5.74) is 0.635. The minimum Gasteiger partial charge on any atom is -0.496 e. The number of nitrogens with zero attached hydrogens (tertiary/aromatic N) is 2. The van der Waals surface area contributed by atoms with Crippen LogP contribution in [0.25, 0.3) is 10.2 Å². The molecule has 164 valence electrons. The molecule has 12 heteroatoms. The van der Waals surface area contributed by atoms with E-state index in [9.17, 15) is 18.0 Å². The Morgan fingerprint density at radius 1 is 1.23 bits per heavy atom. The standard InChI is InChI=1S/C19H18ClN3O6S2/c1-3-29-17(24)10-23-14-6-5-12(31(21,26)27)9-16(14)30-19(23)22-18(25)13-8-11(20)4-7-15(13)28-2/h4-9H,3,10H2,1-2H3,(H2,21,26,27). The molecule has 0 aliphatic carbocycles. The maximum atomic E-state index is 12.9. The molecule has 0 spiro atoms. The average molecular weight is 484 g/mol. The highest BCUT2D eigenvalue weighted by Gasteiger charge is 2.17. The summed E-state index contributed by atoms with van der Waals surface area (Å²) < 4.78 is 35.5. The molecule has 31 heavy (non-hydrogen) atoms. The molecule has 0 fully saturated rings.